The number of benzene rings is 1. The number of hydrogen-bond donors (Lipinski definition) is 0. The van der Waals surface area contributed by atoms with E-state index in [1.807, 2.05) is 23.4 Å². The van der Waals surface area contributed by atoms with Gasteiger partial charge in [0, 0.05) is 31.1 Å². The largest absolute Gasteiger partial charge is 0.374 e. The van der Waals surface area contributed by atoms with Crippen molar-refractivity contribution in [2.24, 2.45) is 0 Å². The molecule has 0 fully saturated rings. The summed E-state index contributed by atoms with van der Waals surface area (Å²) >= 11 is 7.33. The van der Waals surface area contributed by atoms with Crippen LogP contribution in [0.15, 0.2) is 29.6 Å². The van der Waals surface area contributed by atoms with Crippen molar-refractivity contribution >= 4 is 28.6 Å². The third-order valence-corrected chi connectivity index (χ3v) is 3.88. The molecule has 0 unspecified atom stereocenters. The molecule has 0 saturated heterocycles. The van der Waals surface area contributed by atoms with Crippen LogP contribution >= 0.6 is 22.9 Å². The highest BCUT2D eigenvalue weighted by Gasteiger charge is 2.05. The van der Waals surface area contributed by atoms with Gasteiger partial charge in [0.2, 0.25) is 0 Å². The second-order valence-electron chi connectivity index (χ2n) is 4.02. The molecule has 0 aliphatic heterocycles. The number of thiazole rings is 1. The molecule has 0 saturated carbocycles. The van der Waals surface area contributed by atoms with Gasteiger partial charge < -0.3 is 4.90 Å². The number of halogens is 2. The molecule has 1 aromatic carbocycles. The molecule has 0 amide bonds. The molecule has 0 spiro atoms. The van der Waals surface area contributed by atoms with Crippen molar-refractivity contribution < 1.29 is 4.39 Å². The zero-order valence-electron chi connectivity index (χ0n) is 10.1. The number of likely N-dealkylation sites (N-methyl/N-ethyl adjacent to an activating group) is 1. The van der Waals surface area contributed by atoms with E-state index in [1.165, 1.54) is 12.1 Å². The maximum atomic E-state index is 13.1. The van der Waals surface area contributed by atoms with E-state index in [4.69, 9.17) is 11.6 Å². The molecular weight excluding hydrogens is 271 g/mol. The van der Waals surface area contributed by atoms with Crippen LogP contribution in [0.2, 0.25) is 0 Å². The van der Waals surface area contributed by atoms with E-state index in [-0.39, 0.29) is 5.82 Å². The van der Waals surface area contributed by atoms with E-state index < -0.39 is 0 Å². The molecule has 1 aromatic heterocycles. The topological polar surface area (TPSA) is 16.1 Å². The maximum absolute atomic E-state index is 13.1. The lowest BCUT2D eigenvalue weighted by Gasteiger charge is -2.18. The molecule has 0 aliphatic carbocycles. The Balaban J connectivity index is 1.93. The fraction of sp³-hybridized carbons (Fsp3) is 0.308. The first-order valence-corrected chi connectivity index (χ1v) is 7.06. The van der Waals surface area contributed by atoms with E-state index >= 15 is 0 Å². The van der Waals surface area contributed by atoms with E-state index in [9.17, 15) is 4.39 Å². The van der Waals surface area contributed by atoms with Gasteiger partial charge in [0.05, 0.1) is 16.6 Å². The number of aromatic nitrogens is 1. The lowest BCUT2D eigenvalue weighted by atomic mass is 10.3. The lowest BCUT2D eigenvalue weighted by molar-refractivity contribution is 0.627. The number of alkyl halides is 1. The van der Waals surface area contributed by atoms with Crippen LogP contribution in [0.5, 0.6) is 0 Å². The summed E-state index contributed by atoms with van der Waals surface area (Å²) in [5, 5.41) is 3.04. The first-order chi connectivity index (χ1) is 8.69. The van der Waals surface area contributed by atoms with Crippen LogP contribution in [0.4, 0.5) is 10.1 Å². The van der Waals surface area contributed by atoms with Gasteiger partial charge in [0.1, 0.15) is 5.82 Å². The van der Waals surface area contributed by atoms with Crippen molar-refractivity contribution in [3.05, 3.63) is 46.2 Å². The highest BCUT2D eigenvalue weighted by Crippen LogP contribution is 2.16. The van der Waals surface area contributed by atoms with Crippen molar-refractivity contribution in [1.29, 1.82) is 0 Å². The lowest BCUT2D eigenvalue weighted by Crippen LogP contribution is -2.20. The fourth-order valence-corrected chi connectivity index (χ4v) is 2.65. The highest BCUT2D eigenvalue weighted by atomic mass is 35.5. The summed E-state index contributed by atoms with van der Waals surface area (Å²) in [6.45, 7) is 0.804. The normalized spacial score (nSPS) is 10.6. The molecule has 1 heterocycles. The van der Waals surface area contributed by atoms with Crippen molar-refractivity contribution in [2.75, 3.05) is 18.5 Å². The summed E-state index contributed by atoms with van der Waals surface area (Å²) in [4.78, 5) is 6.42. The van der Waals surface area contributed by atoms with Gasteiger partial charge in [-0.3, -0.25) is 0 Å². The second kappa shape index (κ2) is 6.16. The molecule has 0 aliphatic rings. The average molecular weight is 285 g/mol. The van der Waals surface area contributed by atoms with Crippen LogP contribution in [0, 0.1) is 5.82 Å². The fourth-order valence-electron chi connectivity index (χ4n) is 1.63. The van der Waals surface area contributed by atoms with Crippen LogP contribution in [0.25, 0.3) is 0 Å². The van der Waals surface area contributed by atoms with Crippen LogP contribution in [0.1, 0.15) is 10.7 Å². The zero-order valence-corrected chi connectivity index (χ0v) is 11.6. The van der Waals surface area contributed by atoms with Crippen LogP contribution in [0.3, 0.4) is 0 Å². The Labute approximate surface area is 115 Å². The van der Waals surface area contributed by atoms with Gasteiger partial charge in [-0.25, -0.2) is 9.37 Å². The van der Waals surface area contributed by atoms with E-state index in [1.54, 1.807) is 17.4 Å². The third-order valence-electron chi connectivity index (χ3n) is 2.65. The summed E-state index contributed by atoms with van der Waals surface area (Å²) in [5.74, 6) is 0.244. The summed E-state index contributed by atoms with van der Waals surface area (Å²) in [7, 11) is 1.95. The Kier molecular flexibility index (Phi) is 4.55. The Hall–Kier alpha value is -1.13. The summed E-state index contributed by atoms with van der Waals surface area (Å²) in [6.07, 6.45) is 0.842. The summed E-state index contributed by atoms with van der Waals surface area (Å²) in [6, 6.07) is 6.60. The molecule has 0 radical (unpaired) electrons. The van der Waals surface area contributed by atoms with Crippen molar-refractivity contribution in [2.45, 2.75) is 12.3 Å². The Morgan fingerprint density at radius 3 is 2.94 bits per heavy atom. The quantitative estimate of drug-likeness (QED) is 0.778. The summed E-state index contributed by atoms with van der Waals surface area (Å²) in [5.41, 5.74) is 1.80. The predicted octanol–water partition coefficient (Wildman–Crippen LogP) is 3.70. The molecule has 0 bridgehead atoms. The van der Waals surface area contributed by atoms with E-state index in [0.29, 0.717) is 5.88 Å². The van der Waals surface area contributed by atoms with E-state index in [2.05, 4.69) is 4.98 Å². The van der Waals surface area contributed by atoms with Crippen molar-refractivity contribution in [3.8, 4) is 0 Å². The second-order valence-corrected chi connectivity index (χ2v) is 5.23. The van der Waals surface area contributed by atoms with Gasteiger partial charge in [-0.2, -0.15) is 0 Å². The summed E-state index contributed by atoms with van der Waals surface area (Å²) < 4.78 is 13.1. The molecule has 5 heteroatoms. The van der Waals surface area contributed by atoms with Gasteiger partial charge in [0.15, 0.2) is 0 Å². The molecule has 18 heavy (non-hydrogen) atoms. The van der Waals surface area contributed by atoms with Gasteiger partial charge in [-0.05, 0) is 18.2 Å². The highest BCUT2D eigenvalue weighted by molar-refractivity contribution is 7.09. The molecule has 2 aromatic rings. The van der Waals surface area contributed by atoms with E-state index in [0.717, 1.165) is 29.4 Å². The van der Waals surface area contributed by atoms with Crippen molar-refractivity contribution in [1.82, 2.24) is 4.98 Å². The van der Waals surface area contributed by atoms with Gasteiger partial charge >= 0.3 is 0 Å². The minimum Gasteiger partial charge on any atom is -0.374 e. The first-order valence-electron chi connectivity index (χ1n) is 5.65. The van der Waals surface area contributed by atoms with Crippen LogP contribution < -0.4 is 4.90 Å². The molecule has 2 rings (SSSR count). The standard InChI is InChI=1S/C13H14ClFN2S/c1-17(12-4-2-3-10(15)7-12)6-5-13-16-11(8-14)9-18-13/h2-4,7,9H,5-6,8H2,1H3. The predicted molar refractivity (Wildman–Crippen MR) is 75.0 cm³/mol. The number of anilines is 1. The van der Waals surface area contributed by atoms with Gasteiger partial charge in [-0.15, -0.1) is 22.9 Å². The Morgan fingerprint density at radius 1 is 1.44 bits per heavy atom. The number of hydrogen-bond acceptors (Lipinski definition) is 3. The van der Waals surface area contributed by atoms with Crippen molar-refractivity contribution in [3.63, 3.8) is 0 Å². The first kappa shape index (κ1) is 13.3. The molecule has 2 nitrogen and oxygen atoms in total. The monoisotopic (exact) mass is 284 g/mol. The molecule has 0 atom stereocenters. The SMILES string of the molecule is CN(CCc1nc(CCl)cs1)c1cccc(F)c1. The minimum atomic E-state index is -0.210. The Morgan fingerprint density at radius 2 is 2.28 bits per heavy atom. The van der Waals surface area contributed by atoms with Gasteiger partial charge in [-0.1, -0.05) is 6.07 Å². The minimum absolute atomic E-state index is 0.210. The Bertz CT molecular complexity index is 515. The third kappa shape index (κ3) is 3.43. The smallest absolute Gasteiger partial charge is 0.125 e. The average Bonchev–Trinajstić information content (AvgIpc) is 2.84. The molecular formula is C13H14ClFN2S. The number of rotatable bonds is 5. The maximum Gasteiger partial charge on any atom is 0.125 e. The van der Waals surface area contributed by atoms with Crippen LogP contribution in [-0.4, -0.2) is 18.6 Å². The number of nitrogens with zero attached hydrogens (tertiary/aromatic N) is 2. The van der Waals surface area contributed by atoms with Crippen LogP contribution in [-0.2, 0) is 12.3 Å². The molecule has 0 N–H and O–H groups in total. The zero-order chi connectivity index (χ0) is 13.0. The molecule has 96 valence electrons. The van der Waals surface area contributed by atoms with Gasteiger partial charge in [0.25, 0.3) is 0 Å².